The Morgan fingerprint density at radius 2 is 2.18 bits per heavy atom. The molecule has 2 aliphatic heterocycles. The Morgan fingerprint density at radius 3 is 2.86 bits per heavy atom. The number of anilines is 1. The predicted molar refractivity (Wildman–Crippen MR) is 109 cm³/mol. The quantitative estimate of drug-likeness (QED) is 0.852. The molecule has 2 aromatic rings. The number of furan rings is 1. The number of hydrogen-bond acceptors (Lipinski definition) is 6. The van der Waals surface area contributed by atoms with Crippen LogP contribution < -0.4 is 4.90 Å². The molecule has 2 aromatic heterocycles. The van der Waals surface area contributed by atoms with E-state index in [1.807, 2.05) is 29.9 Å². The van der Waals surface area contributed by atoms with Gasteiger partial charge in [-0.05, 0) is 56.0 Å². The molecule has 1 N–H and O–H groups in total. The Hall–Kier alpha value is -2.12. The average Bonchev–Trinajstić information content (AvgIpc) is 3.32. The first-order chi connectivity index (χ1) is 13.6. The minimum Gasteiger partial charge on any atom is -0.465 e. The largest absolute Gasteiger partial charge is 0.465 e. The number of β-amino-alcohol motifs (C(OH)–C–C–N with tert-alkyl or cyclic N) is 1. The summed E-state index contributed by atoms with van der Waals surface area (Å²) in [7, 11) is 1.95. The summed E-state index contributed by atoms with van der Waals surface area (Å²) in [6, 6.07) is 3.88. The lowest BCUT2D eigenvalue weighted by atomic mass is 9.71. The fraction of sp³-hybridized carbons (Fsp3) is 0.619. The van der Waals surface area contributed by atoms with Gasteiger partial charge >= 0.3 is 0 Å². The first-order valence-corrected chi connectivity index (χ1v) is 10.3. The summed E-state index contributed by atoms with van der Waals surface area (Å²) in [6.45, 7) is 6.72. The fourth-order valence-corrected chi connectivity index (χ4v) is 4.63. The summed E-state index contributed by atoms with van der Waals surface area (Å²) < 4.78 is 7.21. The van der Waals surface area contributed by atoms with Crippen LogP contribution in [-0.2, 0) is 13.5 Å². The minimum absolute atomic E-state index is 0.164. The third-order valence-electron chi connectivity index (χ3n) is 6.11. The molecule has 4 rings (SSSR count). The smallest absolute Gasteiger partial charge is 0.223 e. The molecule has 2 fully saturated rings. The van der Waals surface area contributed by atoms with E-state index < -0.39 is 0 Å². The Kier molecular flexibility index (Phi) is 5.55. The topological polar surface area (TPSA) is 70.6 Å². The lowest BCUT2D eigenvalue weighted by Gasteiger charge is -2.49. The highest BCUT2D eigenvalue weighted by molar-refractivity contribution is 5.42. The Bertz CT molecular complexity index is 790. The monoisotopic (exact) mass is 385 g/mol. The number of rotatable bonds is 5. The van der Waals surface area contributed by atoms with Gasteiger partial charge in [-0.15, -0.1) is 0 Å². The number of piperidine rings is 2. The van der Waals surface area contributed by atoms with E-state index in [0.29, 0.717) is 6.54 Å². The molecular weight excluding hydrogens is 354 g/mol. The van der Waals surface area contributed by atoms with Crippen LogP contribution in [0.2, 0.25) is 0 Å². The minimum atomic E-state index is -0.305. The molecule has 4 heterocycles. The zero-order valence-electron chi connectivity index (χ0n) is 16.9. The maximum absolute atomic E-state index is 10.6. The van der Waals surface area contributed by atoms with Crippen molar-refractivity contribution in [3.8, 4) is 0 Å². The van der Waals surface area contributed by atoms with Crippen LogP contribution in [0.3, 0.4) is 0 Å². The van der Waals surface area contributed by atoms with E-state index in [1.165, 1.54) is 0 Å². The van der Waals surface area contributed by atoms with E-state index in [2.05, 4.69) is 32.9 Å². The second-order valence-electron chi connectivity index (χ2n) is 8.26. The third-order valence-corrected chi connectivity index (χ3v) is 6.11. The van der Waals surface area contributed by atoms with E-state index in [4.69, 9.17) is 4.42 Å². The summed E-state index contributed by atoms with van der Waals surface area (Å²) in [6.07, 6.45) is 9.53. The van der Waals surface area contributed by atoms with Crippen molar-refractivity contribution < 1.29 is 9.52 Å². The SMILES string of the molecule is CCc1nc(N2CC(O)CC3(CCN(C/C=C/c4ccco4)CC3)C2)n(C)n1. The lowest BCUT2D eigenvalue weighted by molar-refractivity contribution is 0.0288. The molecule has 28 heavy (non-hydrogen) atoms. The fourth-order valence-electron chi connectivity index (χ4n) is 4.63. The van der Waals surface area contributed by atoms with Crippen LogP contribution in [0.15, 0.2) is 28.9 Å². The van der Waals surface area contributed by atoms with E-state index in [1.54, 1.807) is 6.26 Å². The van der Waals surface area contributed by atoms with Crippen LogP contribution in [-0.4, -0.2) is 63.6 Å². The summed E-state index contributed by atoms with van der Waals surface area (Å²) >= 11 is 0. The van der Waals surface area contributed by atoms with Crippen molar-refractivity contribution in [2.45, 2.75) is 38.7 Å². The van der Waals surface area contributed by atoms with E-state index in [-0.39, 0.29) is 11.5 Å². The number of aryl methyl sites for hydroxylation is 2. The Morgan fingerprint density at radius 1 is 1.36 bits per heavy atom. The first-order valence-electron chi connectivity index (χ1n) is 10.3. The first kappa shape index (κ1) is 19.2. The van der Waals surface area contributed by atoms with Crippen LogP contribution in [0.1, 0.15) is 37.8 Å². The third kappa shape index (κ3) is 4.15. The van der Waals surface area contributed by atoms with Gasteiger partial charge < -0.3 is 14.4 Å². The van der Waals surface area contributed by atoms with Gasteiger partial charge in [-0.25, -0.2) is 4.68 Å². The van der Waals surface area contributed by atoms with Crippen LogP contribution in [0.5, 0.6) is 0 Å². The number of aromatic nitrogens is 3. The molecule has 0 aromatic carbocycles. The maximum atomic E-state index is 10.6. The van der Waals surface area contributed by atoms with E-state index in [0.717, 1.165) is 69.4 Å². The van der Waals surface area contributed by atoms with Crippen molar-refractivity contribution in [3.05, 3.63) is 36.1 Å². The molecule has 7 heteroatoms. The zero-order valence-corrected chi connectivity index (χ0v) is 16.9. The van der Waals surface area contributed by atoms with Crippen molar-refractivity contribution in [2.75, 3.05) is 37.6 Å². The summed E-state index contributed by atoms with van der Waals surface area (Å²) in [5.41, 5.74) is 0.164. The number of likely N-dealkylation sites (tertiary alicyclic amines) is 1. The molecule has 1 spiro atoms. The van der Waals surface area contributed by atoms with Crippen LogP contribution >= 0.6 is 0 Å². The molecule has 1 unspecified atom stereocenters. The second-order valence-corrected chi connectivity index (χ2v) is 8.26. The molecule has 0 bridgehead atoms. The van der Waals surface area contributed by atoms with Crippen molar-refractivity contribution in [1.29, 1.82) is 0 Å². The second kappa shape index (κ2) is 8.09. The average molecular weight is 386 g/mol. The molecule has 0 radical (unpaired) electrons. The predicted octanol–water partition coefficient (Wildman–Crippen LogP) is 2.34. The highest BCUT2D eigenvalue weighted by Gasteiger charge is 2.42. The number of aliphatic hydroxyl groups excluding tert-OH is 1. The zero-order chi connectivity index (χ0) is 19.6. The number of aliphatic hydroxyl groups is 1. The molecule has 7 nitrogen and oxygen atoms in total. The van der Waals surface area contributed by atoms with E-state index in [9.17, 15) is 5.11 Å². The van der Waals surface area contributed by atoms with Gasteiger partial charge in [0.2, 0.25) is 5.95 Å². The summed E-state index contributed by atoms with van der Waals surface area (Å²) in [4.78, 5) is 9.40. The van der Waals surface area contributed by atoms with Crippen LogP contribution in [0.4, 0.5) is 5.95 Å². The van der Waals surface area contributed by atoms with Gasteiger partial charge in [0.15, 0.2) is 5.82 Å². The van der Waals surface area contributed by atoms with Crippen LogP contribution in [0.25, 0.3) is 6.08 Å². The van der Waals surface area contributed by atoms with Gasteiger partial charge in [0.25, 0.3) is 0 Å². The number of hydrogen-bond donors (Lipinski definition) is 1. The molecule has 2 aliphatic rings. The molecule has 0 amide bonds. The molecule has 1 atom stereocenters. The van der Waals surface area contributed by atoms with Gasteiger partial charge in [-0.2, -0.15) is 10.1 Å². The van der Waals surface area contributed by atoms with Crippen molar-refractivity contribution in [2.24, 2.45) is 12.5 Å². The van der Waals surface area contributed by atoms with Gasteiger partial charge in [0.1, 0.15) is 5.76 Å². The maximum Gasteiger partial charge on any atom is 0.223 e. The molecular formula is C21H31N5O2. The standard InChI is InChI=1S/C21H31N5O2/c1-3-19-22-20(24(2)23-19)26-15-17(27)14-21(16-26)8-11-25(12-9-21)10-4-6-18-7-5-13-28-18/h4-7,13,17,27H,3,8-12,14-16H2,1-2H3/b6-4+. The van der Waals surface area contributed by atoms with Gasteiger partial charge in [0.05, 0.1) is 12.4 Å². The Balaban J connectivity index is 1.37. The normalized spacial score (nSPS) is 23.1. The van der Waals surface area contributed by atoms with Crippen molar-refractivity contribution in [3.63, 3.8) is 0 Å². The lowest BCUT2D eigenvalue weighted by Crippen LogP contribution is -2.54. The number of nitrogens with zero attached hydrogens (tertiary/aromatic N) is 5. The van der Waals surface area contributed by atoms with Gasteiger partial charge in [0, 0.05) is 33.1 Å². The molecule has 0 aliphatic carbocycles. The Labute approximate surface area is 166 Å². The van der Waals surface area contributed by atoms with Crippen molar-refractivity contribution in [1.82, 2.24) is 19.7 Å². The van der Waals surface area contributed by atoms with Crippen LogP contribution in [0, 0.1) is 5.41 Å². The molecule has 0 saturated carbocycles. The highest BCUT2D eigenvalue weighted by Crippen LogP contribution is 2.40. The molecule has 2 saturated heterocycles. The van der Waals surface area contributed by atoms with Gasteiger partial charge in [-0.3, -0.25) is 4.90 Å². The van der Waals surface area contributed by atoms with Gasteiger partial charge in [-0.1, -0.05) is 13.0 Å². The summed E-state index contributed by atoms with van der Waals surface area (Å²) in [5.74, 6) is 2.65. The highest BCUT2D eigenvalue weighted by atomic mass is 16.3. The molecule has 152 valence electrons. The van der Waals surface area contributed by atoms with Crippen molar-refractivity contribution >= 4 is 12.0 Å². The summed E-state index contributed by atoms with van der Waals surface area (Å²) in [5, 5.41) is 15.1. The van der Waals surface area contributed by atoms with E-state index >= 15 is 0 Å².